The molecule has 8 nitrogen and oxygen atoms in total. The summed E-state index contributed by atoms with van der Waals surface area (Å²) in [7, 11) is 0. The largest absolute Gasteiger partial charge is 0.446 e. The second kappa shape index (κ2) is 13.1. The highest BCUT2D eigenvalue weighted by Crippen LogP contribution is 2.44. The van der Waals surface area contributed by atoms with Gasteiger partial charge in [0.1, 0.15) is 0 Å². The fourth-order valence-electron chi connectivity index (χ4n) is 6.60. The van der Waals surface area contributed by atoms with Crippen LogP contribution in [0.1, 0.15) is 28.1 Å². The van der Waals surface area contributed by atoms with E-state index in [-0.39, 0.29) is 61.9 Å². The van der Waals surface area contributed by atoms with Crippen LogP contribution in [0.25, 0.3) is 66.1 Å². The van der Waals surface area contributed by atoms with Crippen molar-refractivity contribution in [1.29, 1.82) is 10.5 Å². The number of alkyl halides is 3. The van der Waals surface area contributed by atoms with Crippen molar-refractivity contribution in [3.8, 4) is 57.2 Å². The van der Waals surface area contributed by atoms with Gasteiger partial charge in [0.25, 0.3) is 11.4 Å². The number of halogens is 11. The van der Waals surface area contributed by atoms with Crippen molar-refractivity contribution in [2.24, 2.45) is 0 Å². The number of nitrogens with zero attached hydrogens (tertiary/aromatic N) is 8. The molecule has 276 valence electrons. The highest BCUT2D eigenvalue weighted by atomic mass is 32.2. The van der Waals surface area contributed by atoms with Gasteiger partial charge in [-0.25, -0.2) is 65.3 Å². The first-order valence-corrected chi connectivity index (χ1v) is 16.0. The minimum Gasteiger partial charge on any atom is -0.256 e. The van der Waals surface area contributed by atoms with Crippen LogP contribution in [0.2, 0.25) is 0 Å². The lowest BCUT2D eigenvalue weighted by atomic mass is 9.92. The molecule has 0 N–H and O–H groups in total. The van der Waals surface area contributed by atoms with Crippen LogP contribution in [-0.2, 0) is 12.8 Å². The van der Waals surface area contributed by atoms with Crippen LogP contribution in [-0.4, -0.2) is 25.4 Å². The summed E-state index contributed by atoms with van der Waals surface area (Å²) in [6.45, 7) is 16.3. The van der Waals surface area contributed by atoms with Crippen LogP contribution >= 0.6 is 11.8 Å². The number of thioether (sulfide) groups is 1. The van der Waals surface area contributed by atoms with E-state index < -0.39 is 115 Å². The Balaban J connectivity index is 1.57. The minimum atomic E-state index is -5.34. The van der Waals surface area contributed by atoms with E-state index in [1.165, 1.54) is 0 Å². The number of hydrogen-bond acceptors (Lipinski definition) is 7. The summed E-state index contributed by atoms with van der Waals surface area (Å²) in [5.41, 5.74) is -13.4. The first-order chi connectivity index (χ1) is 26.5. The Labute approximate surface area is 309 Å². The topological polar surface area (TPSA) is 108 Å². The quantitative estimate of drug-likeness (QED) is 0.0776. The molecular weight excluding hydrogens is 785 g/mol. The van der Waals surface area contributed by atoms with Gasteiger partial charge in [-0.1, -0.05) is 0 Å². The molecule has 3 aromatic carbocycles. The van der Waals surface area contributed by atoms with Crippen molar-refractivity contribution >= 4 is 23.2 Å². The maximum Gasteiger partial charge on any atom is 0.446 e. The molecule has 2 aliphatic carbocycles. The Morgan fingerprint density at radius 1 is 0.643 bits per heavy atom. The van der Waals surface area contributed by atoms with Crippen LogP contribution in [0.3, 0.4) is 0 Å². The highest BCUT2D eigenvalue weighted by Gasteiger charge is 2.39. The van der Waals surface area contributed by atoms with E-state index in [4.69, 9.17) is 13.1 Å². The Kier molecular flexibility index (Phi) is 8.78. The average Bonchev–Trinajstić information content (AvgIpc) is 3.73. The zero-order chi connectivity index (χ0) is 40.7. The lowest BCUT2D eigenvalue weighted by Crippen LogP contribution is -2.26. The predicted octanol–water partition coefficient (Wildman–Crippen LogP) is 7.88. The van der Waals surface area contributed by atoms with Crippen molar-refractivity contribution < 1.29 is 48.3 Å². The minimum absolute atomic E-state index is 0.0275. The van der Waals surface area contributed by atoms with Crippen molar-refractivity contribution in [1.82, 2.24) is 19.9 Å². The Morgan fingerprint density at radius 3 is 1.36 bits per heavy atom. The molecule has 0 amide bonds. The van der Waals surface area contributed by atoms with Crippen molar-refractivity contribution in [2.45, 2.75) is 30.2 Å². The second-order valence-electron chi connectivity index (χ2n) is 11.8. The molecule has 5 aromatic rings. The first-order valence-electron chi connectivity index (χ1n) is 15.2. The number of hydrogen-bond donors (Lipinski definition) is 0. The lowest BCUT2D eigenvalue weighted by molar-refractivity contribution is -0.0331. The van der Waals surface area contributed by atoms with Gasteiger partial charge in [0.15, 0.2) is 46.5 Å². The molecule has 0 unspecified atom stereocenters. The number of benzene rings is 3. The van der Waals surface area contributed by atoms with E-state index in [0.29, 0.717) is 6.20 Å². The second-order valence-corrected chi connectivity index (χ2v) is 12.9. The summed E-state index contributed by atoms with van der Waals surface area (Å²) in [5.74, 6) is -16.4. The predicted molar refractivity (Wildman–Crippen MR) is 172 cm³/mol. The van der Waals surface area contributed by atoms with Gasteiger partial charge in [0.05, 0.1) is 87.9 Å². The number of nitriles is 2. The molecule has 2 aromatic heterocycles. The van der Waals surface area contributed by atoms with Crippen LogP contribution in [0.4, 0.5) is 48.3 Å². The fraction of sp³-hybridized carbons (Fsp3) is 0.111. The lowest BCUT2D eigenvalue weighted by Gasteiger charge is -2.14. The van der Waals surface area contributed by atoms with Gasteiger partial charge in [0, 0.05) is 40.0 Å². The van der Waals surface area contributed by atoms with Crippen LogP contribution in [0.15, 0.2) is 17.3 Å². The molecule has 0 saturated carbocycles. The first kappa shape index (κ1) is 37.4. The van der Waals surface area contributed by atoms with E-state index >= 15 is 17.6 Å². The molecule has 0 atom stereocenters. The van der Waals surface area contributed by atoms with Gasteiger partial charge in [0.2, 0.25) is 0 Å². The Morgan fingerprint density at radius 2 is 1.02 bits per heavy atom. The third-order valence-electron chi connectivity index (χ3n) is 8.91. The van der Waals surface area contributed by atoms with Gasteiger partial charge >= 0.3 is 5.51 Å². The molecular formula is C36H9F11N8S. The van der Waals surface area contributed by atoms with Gasteiger partial charge in [-0.05, 0) is 29.8 Å². The molecule has 0 fully saturated rings. The van der Waals surface area contributed by atoms with Crippen molar-refractivity contribution in [2.75, 3.05) is 0 Å². The molecule has 0 spiro atoms. The summed E-state index contributed by atoms with van der Waals surface area (Å²) in [6.07, 6.45) is 0.652. The molecule has 0 bridgehead atoms. The summed E-state index contributed by atoms with van der Waals surface area (Å²) in [5, 5.41) is 19.6. The third kappa shape index (κ3) is 5.40. The molecule has 0 aliphatic heterocycles. The van der Waals surface area contributed by atoms with Crippen molar-refractivity contribution in [3.05, 3.63) is 120 Å². The molecule has 2 heterocycles. The van der Waals surface area contributed by atoms with Crippen molar-refractivity contribution in [3.63, 3.8) is 0 Å². The molecule has 0 saturated heterocycles. The SMILES string of the molecule is [C-]#[N+]/C(C#N)=c1/c2c(/c(=C(\C#N)[N+]#[C-])c3c1-c1nc(-c4c(F)c(F)c(C)c(F)c4F)cnc1C3)-c1nc(-c3c(F)c(F)c(SC(F)(F)F)c(F)c3F)cnc1C2. The Bertz CT molecular complexity index is 2900. The number of aromatic nitrogens is 4. The molecule has 2 aliphatic rings. The smallest absolute Gasteiger partial charge is 0.256 e. The van der Waals surface area contributed by atoms with E-state index in [0.717, 1.165) is 13.1 Å². The van der Waals surface area contributed by atoms with Gasteiger partial charge in [-0.15, -0.1) is 0 Å². The zero-order valence-corrected chi connectivity index (χ0v) is 28.0. The van der Waals surface area contributed by atoms with E-state index in [1.807, 2.05) is 0 Å². The summed E-state index contributed by atoms with van der Waals surface area (Å²) in [4.78, 5) is 21.1. The third-order valence-corrected chi connectivity index (χ3v) is 9.70. The van der Waals surface area contributed by atoms with E-state index in [2.05, 4.69) is 29.6 Å². The fourth-order valence-corrected chi connectivity index (χ4v) is 7.19. The molecule has 56 heavy (non-hydrogen) atoms. The highest BCUT2D eigenvalue weighted by molar-refractivity contribution is 8.00. The van der Waals surface area contributed by atoms with E-state index in [1.54, 1.807) is 12.1 Å². The van der Waals surface area contributed by atoms with Gasteiger partial charge in [-0.2, -0.15) is 13.2 Å². The van der Waals surface area contributed by atoms with Crippen LogP contribution in [0.5, 0.6) is 0 Å². The molecule has 7 rings (SSSR count). The number of rotatable bonds is 3. The normalized spacial score (nSPS) is 13.4. The number of fused-ring (bicyclic) bond motifs is 6. The molecule has 20 heteroatoms. The standard InChI is InChI=1S/C36H9F11N8S/c1-10-25(37)27(39)23(28(40)26(10)38)17-8-52-13-4-11-20(16(7-49)51-3)22-12(19(15(6-48)50-2)21(11)33(13)54-17)5-14-34(22)55-18(9-53-14)24-29(41)31(43)35(32(44)30(24)42)56-36(45,46)47/h8-9H,4-5H2,1H3/b19-15-,20-16+. The monoisotopic (exact) mass is 794 g/mol. The average molecular weight is 795 g/mol. The Hall–Kier alpha value is -6.90. The summed E-state index contributed by atoms with van der Waals surface area (Å²) < 4.78 is 159. The molecule has 0 radical (unpaired) electrons. The van der Waals surface area contributed by atoms with Crippen LogP contribution < -0.4 is 10.4 Å². The zero-order valence-electron chi connectivity index (χ0n) is 27.2. The summed E-state index contributed by atoms with van der Waals surface area (Å²) in [6, 6.07) is 3.37. The summed E-state index contributed by atoms with van der Waals surface area (Å²) >= 11 is -1.44. The van der Waals surface area contributed by atoms with E-state index in [9.17, 15) is 41.3 Å². The maximum absolute atomic E-state index is 15.3. The van der Waals surface area contributed by atoms with Crippen LogP contribution in [0, 0.1) is 89.3 Å². The maximum atomic E-state index is 15.3. The van der Waals surface area contributed by atoms with Gasteiger partial charge in [-0.3, -0.25) is 9.97 Å². The van der Waals surface area contributed by atoms with Gasteiger partial charge < -0.3 is 0 Å².